The summed E-state index contributed by atoms with van der Waals surface area (Å²) in [7, 11) is 0. The van der Waals surface area contributed by atoms with E-state index in [2.05, 4.69) is 19.8 Å². The van der Waals surface area contributed by atoms with E-state index in [1.165, 1.54) is 0 Å². The molecule has 0 aliphatic carbocycles. The summed E-state index contributed by atoms with van der Waals surface area (Å²) in [6.45, 7) is 5.97. The molecule has 0 saturated carbocycles. The smallest absolute Gasteiger partial charge is 0.424 e. The number of cyclic esters (lactones) is 1. The molecule has 9 heteroatoms. The molecule has 0 aromatic carbocycles. The second-order valence-corrected chi connectivity index (χ2v) is 7.65. The van der Waals surface area contributed by atoms with E-state index < -0.39 is 5.97 Å². The van der Waals surface area contributed by atoms with E-state index in [9.17, 15) is 9.59 Å². The van der Waals surface area contributed by atoms with Crippen LogP contribution in [0.4, 0.5) is 10.5 Å². The summed E-state index contributed by atoms with van der Waals surface area (Å²) in [5.41, 5.74) is 1.15. The Labute approximate surface area is 164 Å². The van der Waals surface area contributed by atoms with Gasteiger partial charge in [0.05, 0.1) is 12.5 Å². The average Bonchev–Trinajstić information content (AvgIpc) is 3.09. The summed E-state index contributed by atoms with van der Waals surface area (Å²) in [5.74, 6) is -0.945. The maximum absolute atomic E-state index is 12.4. The second-order valence-electron chi connectivity index (χ2n) is 7.65. The van der Waals surface area contributed by atoms with Gasteiger partial charge in [-0.25, -0.2) is 14.8 Å². The van der Waals surface area contributed by atoms with Crippen LogP contribution in [0.2, 0.25) is 0 Å². The lowest BCUT2D eigenvalue weighted by atomic mass is 9.97. The van der Waals surface area contributed by atoms with Crippen LogP contribution < -0.4 is 4.90 Å². The van der Waals surface area contributed by atoms with E-state index >= 15 is 0 Å². The minimum absolute atomic E-state index is 0.160. The predicted molar refractivity (Wildman–Crippen MR) is 102 cm³/mol. The molecule has 9 nitrogen and oxygen atoms in total. The minimum atomic E-state index is -0.705. The van der Waals surface area contributed by atoms with Gasteiger partial charge in [-0.1, -0.05) is 0 Å². The number of hydrazine groups is 1. The number of piperidine rings is 1. The van der Waals surface area contributed by atoms with E-state index in [1.807, 2.05) is 12.1 Å². The molecule has 0 bridgehead atoms. The van der Waals surface area contributed by atoms with Gasteiger partial charge in [0.2, 0.25) is 0 Å². The highest BCUT2D eigenvalue weighted by Crippen LogP contribution is 2.22. The molecule has 4 heterocycles. The molecule has 0 radical (unpaired) electrons. The number of carboxylic acids is 1. The molecule has 1 amide bonds. The molecule has 152 valence electrons. The van der Waals surface area contributed by atoms with Crippen molar-refractivity contribution in [1.29, 1.82) is 0 Å². The summed E-state index contributed by atoms with van der Waals surface area (Å²) >= 11 is 0. The van der Waals surface area contributed by atoms with Crippen molar-refractivity contribution in [1.82, 2.24) is 19.9 Å². The zero-order chi connectivity index (χ0) is 19.5. The zero-order valence-electron chi connectivity index (χ0n) is 15.9. The summed E-state index contributed by atoms with van der Waals surface area (Å²) in [4.78, 5) is 32.0. The Hall–Kier alpha value is -2.39. The van der Waals surface area contributed by atoms with Gasteiger partial charge >= 0.3 is 12.1 Å². The van der Waals surface area contributed by atoms with Crippen LogP contribution in [-0.4, -0.2) is 95.5 Å². The fourth-order valence-corrected chi connectivity index (χ4v) is 4.23. The molecule has 4 rings (SSSR count). The van der Waals surface area contributed by atoms with E-state index in [-0.39, 0.29) is 18.1 Å². The maximum atomic E-state index is 12.4. The number of amides is 1. The summed E-state index contributed by atoms with van der Waals surface area (Å²) < 4.78 is 5.58. The van der Waals surface area contributed by atoms with Gasteiger partial charge in [0.25, 0.3) is 0 Å². The first-order valence-corrected chi connectivity index (χ1v) is 9.93. The molecular formula is C19H27N5O4. The van der Waals surface area contributed by atoms with Crippen LogP contribution in [-0.2, 0) is 9.53 Å². The lowest BCUT2D eigenvalue weighted by molar-refractivity contribution is -0.143. The fourth-order valence-electron chi connectivity index (χ4n) is 4.23. The van der Waals surface area contributed by atoms with Crippen LogP contribution in [0.3, 0.4) is 0 Å². The number of likely N-dealkylation sites (tertiary alicyclic amines) is 1. The summed E-state index contributed by atoms with van der Waals surface area (Å²) in [6.07, 6.45) is 4.48. The number of ether oxygens (including phenoxy) is 1. The molecule has 1 unspecified atom stereocenters. The van der Waals surface area contributed by atoms with Gasteiger partial charge in [-0.15, -0.1) is 0 Å². The van der Waals surface area contributed by atoms with Gasteiger partial charge in [-0.3, -0.25) is 14.7 Å². The van der Waals surface area contributed by atoms with Crippen molar-refractivity contribution in [3.8, 4) is 0 Å². The van der Waals surface area contributed by atoms with Crippen molar-refractivity contribution < 1.29 is 19.4 Å². The lowest BCUT2D eigenvalue weighted by Gasteiger charge is -2.39. The number of carbonyl (C=O) groups excluding carboxylic acids is 1. The Kier molecular flexibility index (Phi) is 5.63. The number of aromatic nitrogens is 1. The number of anilines is 1. The third-order valence-corrected chi connectivity index (χ3v) is 5.88. The van der Waals surface area contributed by atoms with Crippen LogP contribution in [0.5, 0.6) is 0 Å². The van der Waals surface area contributed by atoms with Crippen LogP contribution >= 0.6 is 0 Å². The van der Waals surface area contributed by atoms with Crippen LogP contribution in [0.1, 0.15) is 12.8 Å². The number of pyridine rings is 1. The summed E-state index contributed by atoms with van der Waals surface area (Å²) in [5, 5.41) is 12.9. The lowest BCUT2D eigenvalue weighted by Crippen LogP contribution is -2.54. The molecular weight excluding hydrogens is 362 g/mol. The molecule has 1 atom stereocenters. The van der Waals surface area contributed by atoms with Crippen LogP contribution in [0.15, 0.2) is 24.5 Å². The third-order valence-electron chi connectivity index (χ3n) is 5.88. The van der Waals surface area contributed by atoms with Gasteiger partial charge in [-0.05, 0) is 38.1 Å². The first-order valence-electron chi connectivity index (χ1n) is 9.93. The van der Waals surface area contributed by atoms with E-state index in [0.29, 0.717) is 25.9 Å². The topological polar surface area (TPSA) is 89.5 Å². The van der Waals surface area contributed by atoms with Crippen molar-refractivity contribution in [3.63, 3.8) is 0 Å². The van der Waals surface area contributed by atoms with Crippen molar-refractivity contribution >= 4 is 17.7 Å². The average molecular weight is 389 g/mol. The van der Waals surface area contributed by atoms with Crippen LogP contribution in [0.25, 0.3) is 0 Å². The molecule has 3 saturated heterocycles. The molecule has 1 aromatic rings. The third kappa shape index (κ3) is 4.20. The van der Waals surface area contributed by atoms with Gasteiger partial charge in [0.1, 0.15) is 6.10 Å². The number of hydrogen-bond acceptors (Lipinski definition) is 7. The standard InChI is InChI=1S/C19H27N5O4/c25-18(26)15-3-7-21(8-4-15)13-17-14-24(19(27)28-17)23-11-9-22(10-12-23)16-1-5-20-6-2-16/h1-2,5-6,15,17H,3-4,7-14H2,(H,25,26). The molecule has 28 heavy (non-hydrogen) atoms. The largest absolute Gasteiger partial charge is 0.481 e. The van der Waals surface area contributed by atoms with Crippen molar-refractivity contribution in [2.45, 2.75) is 18.9 Å². The normalized spacial score (nSPS) is 25.1. The second kappa shape index (κ2) is 8.32. The number of carboxylic acid groups (broad SMARTS) is 1. The monoisotopic (exact) mass is 389 g/mol. The van der Waals surface area contributed by atoms with Gasteiger partial charge in [-0.2, -0.15) is 0 Å². The van der Waals surface area contributed by atoms with Crippen molar-refractivity contribution in [3.05, 3.63) is 24.5 Å². The van der Waals surface area contributed by atoms with E-state index in [4.69, 9.17) is 9.84 Å². The van der Waals surface area contributed by atoms with Gasteiger partial charge < -0.3 is 14.7 Å². The SMILES string of the molecule is O=C(O)C1CCN(CC2CN(N3CCN(c4ccncc4)CC3)C(=O)O2)CC1. The Morgan fingerprint density at radius 3 is 2.43 bits per heavy atom. The number of piperazine rings is 1. The number of nitrogens with zero attached hydrogens (tertiary/aromatic N) is 5. The van der Waals surface area contributed by atoms with Gasteiger partial charge in [0.15, 0.2) is 0 Å². The molecule has 3 aliphatic rings. The van der Waals surface area contributed by atoms with Crippen molar-refractivity contribution in [2.24, 2.45) is 5.92 Å². The zero-order valence-corrected chi connectivity index (χ0v) is 15.9. The van der Waals surface area contributed by atoms with Gasteiger partial charge in [0, 0.05) is 50.8 Å². The fraction of sp³-hybridized carbons (Fsp3) is 0.632. The van der Waals surface area contributed by atoms with Crippen molar-refractivity contribution in [2.75, 3.05) is 57.3 Å². The number of rotatable bonds is 5. The Balaban J connectivity index is 1.25. The Bertz CT molecular complexity index is 687. The number of carbonyl (C=O) groups is 2. The van der Waals surface area contributed by atoms with E-state index in [0.717, 1.165) is 45.0 Å². The molecule has 0 spiro atoms. The molecule has 3 fully saturated rings. The quantitative estimate of drug-likeness (QED) is 0.789. The summed E-state index contributed by atoms with van der Waals surface area (Å²) in [6, 6.07) is 4.01. The van der Waals surface area contributed by atoms with E-state index in [1.54, 1.807) is 17.4 Å². The number of hydrogen-bond donors (Lipinski definition) is 1. The first-order chi connectivity index (χ1) is 13.6. The minimum Gasteiger partial charge on any atom is -0.481 e. The predicted octanol–water partition coefficient (Wildman–Crippen LogP) is 0.736. The molecule has 1 N–H and O–H groups in total. The Morgan fingerprint density at radius 1 is 1.11 bits per heavy atom. The van der Waals surface area contributed by atoms with Crippen LogP contribution in [0, 0.1) is 5.92 Å². The molecule has 1 aromatic heterocycles. The molecule has 3 aliphatic heterocycles. The first kappa shape index (κ1) is 18.9. The number of aliphatic carboxylic acids is 1. The highest BCUT2D eigenvalue weighted by atomic mass is 16.6. The highest BCUT2D eigenvalue weighted by Gasteiger charge is 2.38. The maximum Gasteiger partial charge on any atom is 0.424 e. The Morgan fingerprint density at radius 2 is 1.79 bits per heavy atom. The highest BCUT2D eigenvalue weighted by molar-refractivity contribution is 5.70.